The first-order valence-corrected chi connectivity index (χ1v) is 6.45. The molecule has 90 valence electrons. The maximum atomic E-state index is 4.58. The van der Waals surface area contributed by atoms with Gasteiger partial charge in [-0.05, 0) is 33.8 Å². The molecule has 17 heavy (non-hydrogen) atoms. The summed E-state index contributed by atoms with van der Waals surface area (Å²) in [4.78, 5) is 11.7. The molecule has 3 nitrogen and oxygen atoms in total. The highest BCUT2D eigenvalue weighted by atomic mass is 32.1. The van der Waals surface area contributed by atoms with Gasteiger partial charge in [-0.2, -0.15) is 0 Å². The number of hydrogen-bond donors (Lipinski definition) is 1. The van der Waals surface area contributed by atoms with Crippen LogP contribution in [0.1, 0.15) is 21.0 Å². The van der Waals surface area contributed by atoms with Gasteiger partial charge in [-0.25, -0.2) is 9.97 Å². The molecule has 0 aliphatic heterocycles. The SMILES string of the molecule is CNc1nc(-c2cc(C)sc2C)nc(C)c1C. The summed E-state index contributed by atoms with van der Waals surface area (Å²) < 4.78 is 0. The standard InChI is InChI=1S/C13H17N3S/c1-7-6-11(10(4)17-7)13-15-9(3)8(2)12(14-5)16-13/h6H,1-5H3,(H,14,15,16). The van der Waals surface area contributed by atoms with Crippen LogP contribution in [-0.2, 0) is 0 Å². The first-order chi connectivity index (χ1) is 8.02. The third-order valence-electron chi connectivity index (χ3n) is 2.91. The lowest BCUT2D eigenvalue weighted by molar-refractivity contribution is 1.07. The van der Waals surface area contributed by atoms with E-state index in [0.717, 1.165) is 28.5 Å². The van der Waals surface area contributed by atoms with Gasteiger partial charge in [0.2, 0.25) is 0 Å². The van der Waals surface area contributed by atoms with Gasteiger partial charge in [0.15, 0.2) is 5.82 Å². The van der Waals surface area contributed by atoms with E-state index in [1.54, 1.807) is 11.3 Å². The average Bonchev–Trinajstić information content (AvgIpc) is 2.61. The lowest BCUT2D eigenvalue weighted by Crippen LogP contribution is -2.02. The molecule has 2 heterocycles. The van der Waals surface area contributed by atoms with E-state index in [-0.39, 0.29) is 0 Å². The second kappa shape index (κ2) is 4.45. The average molecular weight is 247 g/mol. The van der Waals surface area contributed by atoms with Crippen molar-refractivity contribution in [2.75, 3.05) is 12.4 Å². The van der Waals surface area contributed by atoms with Crippen molar-refractivity contribution in [3.8, 4) is 11.4 Å². The summed E-state index contributed by atoms with van der Waals surface area (Å²) in [6.07, 6.45) is 0. The Morgan fingerprint density at radius 3 is 2.35 bits per heavy atom. The monoisotopic (exact) mass is 247 g/mol. The van der Waals surface area contributed by atoms with Crippen LogP contribution in [0, 0.1) is 27.7 Å². The van der Waals surface area contributed by atoms with E-state index in [1.807, 2.05) is 20.9 Å². The molecule has 0 saturated heterocycles. The van der Waals surface area contributed by atoms with Crippen molar-refractivity contribution in [1.82, 2.24) is 9.97 Å². The number of aromatic nitrogens is 2. The highest BCUT2D eigenvalue weighted by molar-refractivity contribution is 7.12. The Morgan fingerprint density at radius 1 is 1.12 bits per heavy atom. The lowest BCUT2D eigenvalue weighted by Gasteiger charge is -2.09. The highest BCUT2D eigenvalue weighted by Crippen LogP contribution is 2.29. The van der Waals surface area contributed by atoms with Gasteiger partial charge in [-0.1, -0.05) is 0 Å². The van der Waals surface area contributed by atoms with Crippen molar-refractivity contribution in [1.29, 1.82) is 0 Å². The van der Waals surface area contributed by atoms with Crippen LogP contribution in [0.3, 0.4) is 0 Å². The molecule has 0 aromatic carbocycles. The number of nitrogens with zero attached hydrogens (tertiary/aromatic N) is 2. The molecule has 0 spiro atoms. The molecule has 1 N–H and O–H groups in total. The predicted octanol–water partition coefficient (Wildman–Crippen LogP) is 3.48. The lowest BCUT2D eigenvalue weighted by atomic mass is 10.2. The van der Waals surface area contributed by atoms with Crippen molar-refractivity contribution in [2.45, 2.75) is 27.7 Å². The van der Waals surface area contributed by atoms with Crippen LogP contribution in [0.5, 0.6) is 0 Å². The van der Waals surface area contributed by atoms with E-state index < -0.39 is 0 Å². The maximum absolute atomic E-state index is 4.58. The molecule has 2 aromatic heterocycles. The quantitative estimate of drug-likeness (QED) is 0.883. The molecule has 0 fully saturated rings. The Labute approximate surface area is 106 Å². The van der Waals surface area contributed by atoms with Gasteiger partial charge >= 0.3 is 0 Å². The second-order valence-electron chi connectivity index (χ2n) is 4.18. The zero-order valence-corrected chi connectivity index (χ0v) is 11.7. The molecule has 0 unspecified atom stereocenters. The normalized spacial score (nSPS) is 10.6. The summed E-state index contributed by atoms with van der Waals surface area (Å²) in [7, 11) is 1.89. The third-order valence-corrected chi connectivity index (χ3v) is 3.87. The summed E-state index contributed by atoms with van der Waals surface area (Å²) >= 11 is 1.79. The van der Waals surface area contributed by atoms with Gasteiger partial charge in [0.05, 0.1) is 0 Å². The van der Waals surface area contributed by atoms with Crippen LogP contribution in [0.4, 0.5) is 5.82 Å². The van der Waals surface area contributed by atoms with E-state index in [9.17, 15) is 0 Å². The van der Waals surface area contributed by atoms with Crippen LogP contribution in [0.15, 0.2) is 6.07 Å². The van der Waals surface area contributed by atoms with E-state index >= 15 is 0 Å². The topological polar surface area (TPSA) is 37.8 Å². The second-order valence-corrected chi connectivity index (χ2v) is 5.64. The number of nitrogens with one attached hydrogen (secondary N) is 1. The smallest absolute Gasteiger partial charge is 0.162 e. The van der Waals surface area contributed by atoms with Gasteiger partial charge in [0.25, 0.3) is 0 Å². The van der Waals surface area contributed by atoms with Crippen molar-refractivity contribution in [3.05, 3.63) is 27.1 Å². The number of hydrogen-bond acceptors (Lipinski definition) is 4. The molecule has 0 aliphatic carbocycles. The van der Waals surface area contributed by atoms with Gasteiger partial charge in [-0.3, -0.25) is 0 Å². The highest BCUT2D eigenvalue weighted by Gasteiger charge is 2.12. The minimum atomic E-state index is 0.819. The fourth-order valence-electron chi connectivity index (χ4n) is 1.85. The first-order valence-electron chi connectivity index (χ1n) is 5.63. The number of aryl methyl sites for hydroxylation is 3. The van der Waals surface area contributed by atoms with Crippen LogP contribution >= 0.6 is 11.3 Å². The molecule has 0 radical (unpaired) electrons. The molecular weight excluding hydrogens is 230 g/mol. The third kappa shape index (κ3) is 2.17. The Morgan fingerprint density at radius 2 is 1.82 bits per heavy atom. The molecule has 0 amide bonds. The van der Waals surface area contributed by atoms with E-state index in [2.05, 4.69) is 35.2 Å². The predicted molar refractivity (Wildman–Crippen MR) is 73.8 cm³/mol. The molecule has 4 heteroatoms. The van der Waals surface area contributed by atoms with Crippen molar-refractivity contribution < 1.29 is 0 Å². The molecule has 0 atom stereocenters. The van der Waals surface area contributed by atoms with Crippen LogP contribution < -0.4 is 5.32 Å². The molecule has 0 bridgehead atoms. The minimum absolute atomic E-state index is 0.819. The van der Waals surface area contributed by atoms with Crippen molar-refractivity contribution >= 4 is 17.2 Å². The maximum Gasteiger partial charge on any atom is 0.162 e. The first kappa shape index (κ1) is 12.0. The van der Waals surface area contributed by atoms with Crippen LogP contribution in [0.25, 0.3) is 11.4 Å². The largest absolute Gasteiger partial charge is 0.373 e. The molecule has 0 saturated carbocycles. The molecule has 0 aliphatic rings. The summed E-state index contributed by atoms with van der Waals surface area (Å²) in [5.41, 5.74) is 3.29. The fourth-order valence-corrected chi connectivity index (χ4v) is 2.77. The van der Waals surface area contributed by atoms with E-state index in [1.165, 1.54) is 9.75 Å². The summed E-state index contributed by atoms with van der Waals surface area (Å²) in [6, 6.07) is 2.16. The van der Waals surface area contributed by atoms with Gasteiger partial charge in [0, 0.05) is 33.6 Å². The van der Waals surface area contributed by atoms with Crippen LogP contribution in [0.2, 0.25) is 0 Å². The number of rotatable bonds is 2. The zero-order chi connectivity index (χ0) is 12.6. The van der Waals surface area contributed by atoms with E-state index in [4.69, 9.17) is 0 Å². The Bertz CT molecular complexity index is 558. The zero-order valence-electron chi connectivity index (χ0n) is 10.9. The van der Waals surface area contributed by atoms with Gasteiger partial charge < -0.3 is 5.32 Å². The summed E-state index contributed by atoms with van der Waals surface area (Å²) in [5, 5.41) is 3.12. The van der Waals surface area contributed by atoms with Crippen LogP contribution in [-0.4, -0.2) is 17.0 Å². The Kier molecular flexibility index (Phi) is 3.15. The number of thiophene rings is 1. The van der Waals surface area contributed by atoms with Crippen molar-refractivity contribution in [3.63, 3.8) is 0 Å². The summed E-state index contributed by atoms with van der Waals surface area (Å²) in [6.45, 7) is 8.29. The molecule has 2 rings (SSSR count). The van der Waals surface area contributed by atoms with E-state index in [0.29, 0.717) is 0 Å². The van der Waals surface area contributed by atoms with Gasteiger partial charge in [0.1, 0.15) is 5.82 Å². The fraction of sp³-hybridized carbons (Fsp3) is 0.385. The Balaban J connectivity index is 2.60. The van der Waals surface area contributed by atoms with Crippen molar-refractivity contribution in [2.24, 2.45) is 0 Å². The molecular formula is C13H17N3S. The minimum Gasteiger partial charge on any atom is -0.373 e. The Hall–Kier alpha value is -1.42. The summed E-state index contributed by atoms with van der Waals surface area (Å²) in [5.74, 6) is 1.73. The van der Waals surface area contributed by atoms with Gasteiger partial charge in [-0.15, -0.1) is 11.3 Å². The molecule has 2 aromatic rings. The number of anilines is 1.